The number of rotatable bonds is 1. The monoisotopic (exact) mass is 295 g/mol. The minimum absolute atomic E-state index is 0.0307. The van der Waals surface area contributed by atoms with Gasteiger partial charge >= 0.3 is 0 Å². The molecule has 0 saturated carbocycles. The number of methoxy groups -OCH3 is 1. The van der Waals surface area contributed by atoms with Crippen molar-refractivity contribution in [2.45, 2.75) is 18.6 Å². The molecule has 1 N–H and O–H groups in total. The normalized spacial score (nSPS) is 23.9. The maximum Gasteiger partial charge on any atom is 0.231 e. The van der Waals surface area contributed by atoms with Gasteiger partial charge in [0, 0.05) is 12.7 Å². The van der Waals surface area contributed by atoms with Gasteiger partial charge in [-0.25, -0.2) is 0 Å². The topological polar surface area (TPSA) is 39.7 Å². The lowest BCUT2D eigenvalue weighted by Crippen LogP contribution is -2.37. The number of hydrogen-bond acceptors (Lipinski definition) is 4. The van der Waals surface area contributed by atoms with Crippen molar-refractivity contribution in [3.05, 3.63) is 47.0 Å². The number of ether oxygens (including phenoxy) is 3. The first-order valence-corrected chi connectivity index (χ1v) is 7.69. The maximum absolute atomic E-state index is 5.85. The Balaban J connectivity index is 1.89. The highest BCUT2D eigenvalue weighted by Crippen LogP contribution is 2.55. The minimum atomic E-state index is 0.0307. The highest BCUT2D eigenvalue weighted by Gasteiger charge is 2.40. The summed E-state index contributed by atoms with van der Waals surface area (Å²) in [6, 6.07) is 10.8. The average Bonchev–Trinajstić information content (AvgIpc) is 3.03. The van der Waals surface area contributed by atoms with Gasteiger partial charge in [0.15, 0.2) is 11.5 Å². The largest absolute Gasteiger partial charge is 0.454 e. The van der Waals surface area contributed by atoms with E-state index in [1.54, 1.807) is 7.11 Å². The van der Waals surface area contributed by atoms with Gasteiger partial charge in [0.1, 0.15) is 6.10 Å². The molecule has 2 aromatic rings. The van der Waals surface area contributed by atoms with Crippen LogP contribution in [0.4, 0.5) is 0 Å². The Labute approximate surface area is 129 Å². The van der Waals surface area contributed by atoms with E-state index in [1.807, 2.05) is 0 Å². The van der Waals surface area contributed by atoms with Crippen LogP contribution in [0.25, 0.3) is 11.1 Å². The van der Waals surface area contributed by atoms with Crippen molar-refractivity contribution in [3.8, 4) is 22.6 Å². The summed E-state index contributed by atoms with van der Waals surface area (Å²) in [5.41, 5.74) is 6.27. The van der Waals surface area contributed by atoms with Gasteiger partial charge in [-0.3, -0.25) is 0 Å². The van der Waals surface area contributed by atoms with E-state index < -0.39 is 0 Å². The third kappa shape index (κ3) is 1.49. The van der Waals surface area contributed by atoms with Crippen molar-refractivity contribution in [1.82, 2.24) is 5.32 Å². The summed E-state index contributed by atoms with van der Waals surface area (Å²) in [5.74, 6) is 1.76. The fraction of sp³-hybridized carbons (Fsp3) is 0.333. The van der Waals surface area contributed by atoms with Gasteiger partial charge in [0.25, 0.3) is 0 Å². The molecule has 0 amide bonds. The molecule has 0 bridgehead atoms. The second-order valence-corrected chi connectivity index (χ2v) is 5.98. The Hall–Kier alpha value is -2.04. The molecule has 2 atom stereocenters. The average molecular weight is 295 g/mol. The standard InChI is InChI=1S/C18H17NO3/c1-20-17-12-5-3-2-4-11(12)15-14-10(6-7-19-16(14)17)8-13-18(15)22-9-21-13/h2-5,8,16-17,19H,6-7,9H2,1H3/t16-,17-/m0/s1. The molecule has 0 fully saturated rings. The van der Waals surface area contributed by atoms with Gasteiger partial charge in [0.2, 0.25) is 6.79 Å². The van der Waals surface area contributed by atoms with Crippen LogP contribution in [-0.4, -0.2) is 20.4 Å². The van der Waals surface area contributed by atoms with E-state index in [4.69, 9.17) is 14.2 Å². The van der Waals surface area contributed by atoms with E-state index in [9.17, 15) is 0 Å². The fourth-order valence-electron chi connectivity index (χ4n) is 4.08. The van der Waals surface area contributed by atoms with Crippen LogP contribution in [0.2, 0.25) is 0 Å². The lowest BCUT2D eigenvalue weighted by molar-refractivity contribution is 0.0641. The van der Waals surface area contributed by atoms with E-state index in [-0.39, 0.29) is 12.1 Å². The van der Waals surface area contributed by atoms with Crippen molar-refractivity contribution >= 4 is 0 Å². The van der Waals surface area contributed by atoms with E-state index >= 15 is 0 Å². The van der Waals surface area contributed by atoms with Crippen LogP contribution in [0.15, 0.2) is 30.3 Å². The second kappa shape index (κ2) is 4.48. The first kappa shape index (κ1) is 12.5. The zero-order valence-electron chi connectivity index (χ0n) is 12.4. The van der Waals surface area contributed by atoms with E-state index in [1.165, 1.54) is 27.8 Å². The Morgan fingerprint density at radius 2 is 2.14 bits per heavy atom. The molecule has 4 heteroatoms. The number of nitrogens with one attached hydrogen (secondary N) is 1. The molecule has 1 aliphatic carbocycles. The van der Waals surface area contributed by atoms with Crippen LogP contribution >= 0.6 is 0 Å². The third-order valence-corrected chi connectivity index (χ3v) is 4.95. The van der Waals surface area contributed by atoms with E-state index in [2.05, 4.69) is 35.6 Å². The van der Waals surface area contributed by atoms with Crippen LogP contribution in [0.1, 0.15) is 28.8 Å². The van der Waals surface area contributed by atoms with Crippen LogP contribution in [0.5, 0.6) is 11.5 Å². The van der Waals surface area contributed by atoms with Crippen LogP contribution in [0.3, 0.4) is 0 Å². The molecule has 22 heavy (non-hydrogen) atoms. The Morgan fingerprint density at radius 1 is 1.23 bits per heavy atom. The van der Waals surface area contributed by atoms with Crippen LogP contribution in [0, 0.1) is 0 Å². The number of fused-ring (bicyclic) bond motifs is 4. The zero-order valence-corrected chi connectivity index (χ0v) is 12.4. The summed E-state index contributed by atoms with van der Waals surface area (Å²) in [7, 11) is 1.79. The molecule has 0 radical (unpaired) electrons. The number of hydrogen-bond donors (Lipinski definition) is 1. The van der Waals surface area contributed by atoms with Crippen molar-refractivity contribution < 1.29 is 14.2 Å². The lowest BCUT2D eigenvalue weighted by atomic mass is 9.76. The molecule has 3 aliphatic rings. The van der Waals surface area contributed by atoms with Crippen molar-refractivity contribution in [1.29, 1.82) is 0 Å². The molecule has 4 nitrogen and oxygen atoms in total. The van der Waals surface area contributed by atoms with Gasteiger partial charge in [-0.15, -0.1) is 0 Å². The molecule has 2 aliphatic heterocycles. The van der Waals surface area contributed by atoms with Gasteiger partial charge < -0.3 is 19.5 Å². The smallest absolute Gasteiger partial charge is 0.231 e. The van der Waals surface area contributed by atoms with Gasteiger partial charge in [0.05, 0.1) is 6.04 Å². The molecule has 112 valence electrons. The Kier molecular flexibility index (Phi) is 2.54. The van der Waals surface area contributed by atoms with Gasteiger partial charge in [-0.05, 0) is 41.3 Å². The first-order valence-electron chi connectivity index (χ1n) is 7.69. The van der Waals surface area contributed by atoms with E-state index in [0.717, 1.165) is 24.5 Å². The second-order valence-electron chi connectivity index (χ2n) is 5.98. The summed E-state index contributed by atoms with van der Waals surface area (Å²) in [6.45, 7) is 1.26. The molecule has 5 rings (SSSR count). The minimum Gasteiger partial charge on any atom is -0.454 e. The third-order valence-electron chi connectivity index (χ3n) is 4.95. The first-order chi connectivity index (χ1) is 10.9. The summed E-state index contributed by atoms with van der Waals surface area (Å²) in [6.07, 6.45) is 1.04. The predicted octanol–water partition coefficient (Wildman–Crippen LogP) is 2.97. The van der Waals surface area contributed by atoms with Crippen LogP contribution < -0.4 is 14.8 Å². The fourth-order valence-corrected chi connectivity index (χ4v) is 4.08. The van der Waals surface area contributed by atoms with Gasteiger partial charge in [-0.1, -0.05) is 24.3 Å². The molecule has 0 unspecified atom stereocenters. The lowest BCUT2D eigenvalue weighted by Gasteiger charge is -2.39. The summed E-state index contributed by atoms with van der Waals surface area (Å²) in [5, 5.41) is 3.63. The maximum atomic E-state index is 5.85. The Bertz CT molecular complexity index is 771. The summed E-state index contributed by atoms with van der Waals surface area (Å²) < 4.78 is 17.3. The van der Waals surface area contributed by atoms with Crippen molar-refractivity contribution in [3.63, 3.8) is 0 Å². The zero-order chi connectivity index (χ0) is 14.7. The molecule has 0 aromatic heterocycles. The van der Waals surface area contributed by atoms with Crippen LogP contribution in [-0.2, 0) is 11.2 Å². The summed E-state index contributed by atoms with van der Waals surface area (Å²) in [4.78, 5) is 0. The Morgan fingerprint density at radius 3 is 3.05 bits per heavy atom. The molecular weight excluding hydrogens is 278 g/mol. The van der Waals surface area contributed by atoms with E-state index in [0.29, 0.717) is 6.79 Å². The molecule has 2 aromatic carbocycles. The van der Waals surface area contributed by atoms with Gasteiger partial charge in [-0.2, -0.15) is 0 Å². The molecule has 2 heterocycles. The number of benzene rings is 2. The SMILES string of the molecule is CO[C@H]1c2ccccc2-c2c3c(cc4c2[C@@H]1NCC4)OCO3. The van der Waals surface area contributed by atoms with Crippen molar-refractivity contribution in [2.75, 3.05) is 20.4 Å². The highest BCUT2D eigenvalue weighted by molar-refractivity contribution is 5.84. The predicted molar refractivity (Wildman–Crippen MR) is 82.2 cm³/mol. The highest BCUT2D eigenvalue weighted by atomic mass is 16.7. The molecule has 0 saturated heterocycles. The van der Waals surface area contributed by atoms with Crippen molar-refractivity contribution in [2.24, 2.45) is 0 Å². The summed E-state index contributed by atoms with van der Waals surface area (Å²) >= 11 is 0. The molecule has 0 spiro atoms. The quantitative estimate of drug-likeness (QED) is 0.878. The molecular formula is C18H17NO3.